The highest BCUT2D eigenvalue weighted by Gasteiger charge is 1.94. The largest absolute Gasteiger partial charge is 0.317 e. The fourth-order valence-electron chi connectivity index (χ4n) is 0.751. The molecule has 11 heavy (non-hydrogen) atoms. The summed E-state index contributed by atoms with van der Waals surface area (Å²) in [7, 11) is 1.98. The summed E-state index contributed by atoms with van der Waals surface area (Å²) in [5.41, 5.74) is 1.02. The van der Waals surface area contributed by atoms with Crippen LogP contribution in [0.1, 0.15) is 26.7 Å². The molecule has 0 aromatic heterocycles. The Labute approximate surface area is 69.4 Å². The third-order valence-corrected chi connectivity index (χ3v) is 1.78. The second-order valence-electron chi connectivity index (χ2n) is 2.77. The zero-order chi connectivity index (χ0) is 8.69. The molecule has 0 aliphatic rings. The van der Waals surface area contributed by atoms with Crippen LogP contribution in [0.15, 0.2) is 16.8 Å². The van der Waals surface area contributed by atoms with E-state index in [1.54, 1.807) is 0 Å². The molecule has 0 bridgehead atoms. The monoisotopic (exact) mass is 154 g/mol. The van der Waals surface area contributed by atoms with Gasteiger partial charge in [-0.05, 0) is 40.5 Å². The Morgan fingerprint density at radius 2 is 2.36 bits per heavy atom. The van der Waals surface area contributed by atoms with Gasteiger partial charge in [0.2, 0.25) is 0 Å². The first-order valence-corrected chi connectivity index (χ1v) is 4.01. The number of hydrogen-bond donors (Lipinski definition) is 1. The second-order valence-corrected chi connectivity index (χ2v) is 2.77. The van der Waals surface area contributed by atoms with E-state index in [1.165, 1.54) is 0 Å². The third kappa shape index (κ3) is 5.80. The Hall–Kier alpha value is -0.630. The Kier molecular flexibility index (Phi) is 5.75. The van der Waals surface area contributed by atoms with Crippen LogP contribution in [0.3, 0.4) is 0 Å². The topological polar surface area (TPSA) is 24.4 Å². The molecule has 1 unspecified atom stereocenters. The first-order chi connectivity index (χ1) is 5.20. The van der Waals surface area contributed by atoms with Gasteiger partial charge in [-0.1, -0.05) is 6.08 Å². The minimum Gasteiger partial charge on any atom is -0.317 e. The second kappa shape index (κ2) is 6.10. The van der Waals surface area contributed by atoms with Gasteiger partial charge in [0.1, 0.15) is 0 Å². The van der Waals surface area contributed by atoms with E-state index in [2.05, 4.69) is 30.0 Å². The predicted molar refractivity (Wildman–Crippen MR) is 51.1 cm³/mol. The van der Waals surface area contributed by atoms with Crippen molar-refractivity contribution in [3.05, 3.63) is 11.8 Å². The number of nitrogens with one attached hydrogen (secondary N) is 1. The molecule has 0 aromatic carbocycles. The number of hydrogen-bond acceptors (Lipinski definition) is 2. The highest BCUT2D eigenvalue weighted by molar-refractivity contribution is 5.28. The normalized spacial score (nSPS) is 14.6. The van der Waals surface area contributed by atoms with E-state index in [0.29, 0.717) is 6.04 Å². The van der Waals surface area contributed by atoms with E-state index in [0.717, 1.165) is 18.5 Å². The van der Waals surface area contributed by atoms with Gasteiger partial charge in [0.15, 0.2) is 0 Å². The van der Waals surface area contributed by atoms with Crippen LogP contribution in [-0.4, -0.2) is 19.8 Å². The molecule has 0 aliphatic carbocycles. The van der Waals surface area contributed by atoms with Crippen LogP contribution in [-0.2, 0) is 0 Å². The minimum atomic E-state index is 0.587. The van der Waals surface area contributed by atoms with Gasteiger partial charge in [-0.15, -0.1) is 0 Å². The third-order valence-electron chi connectivity index (χ3n) is 1.78. The van der Waals surface area contributed by atoms with Crippen LogP contribution < -0.4 is 5.32 Å². The SMILES string of the molecule is C=N/C(C)=C\CCC(C)NC. The summed E-state index contributed by atoms with van der Waals surface area (Å²) >= 11 is 0. The van der Waals surface area contributed by atoms with Crippen LogP contribution in [0.5, 0.6) is 0 Å². The van der Waals surface area contributed by atoms with Gasteiger partial charge in [-0.2, -0.15) is 0 Å². The zero-order valence-electron chi connectivity index (χ0n) is 7.72. The van der Waals surface area contributed by atoms with Crippen LogP contribution in [0, 0.1) is 0 Å². The Morgan fingerprint density at radius 1 is 1.73 bits per heavy atom. The molecule has 0 saturated carbocycles. The maximum atomic E-state index is 3.80. The van der Waals surface area contributed by atoms with E-state index in [9.17, 15) is 0 Å². The highest BCUT2D eigenvalue weighted by Crippen LogP contribution is 2.01. The van der Waals surface area contributed by atoms with E-state index >= 15 is 0 Å². The van der Waals surface area contributed by atoms with Gasteiger partial charge >= 0.3 is 0 Å². The van der Waals surface area contributed by atoms with Gasteiger partial charge in [0, 0.05) is 11.7 Å². The molecule has 0 heterocycles. The van der Waals surface area contributed by atoms with Crippen LogP contribution >= 0.6 is 0 Å². The highest BCUT2D eigenvalue weighted by atomic mass is 14.8. The average Bonchev–Trinajstić information content (AvgIpc) is 2.04. The van der Waals surface area contributed by atoms with Crippen molar-refractivity contribution in [1.29, 1.82) is 0 Å². The molecule has 0 rings (SSSR count). The van der Waals surface area contributed by atoms with Crippen molar-refractivity contribution in [3.63, 3.8) is 0 Å². The molecule has 2 nitrogen and oxygen atoms in total. The van der Waals surface area contributed by atoms with Crippen molar-refractivity contribution in [3.8, 4) is 0 Å². The average molecular weight is 154 g/mol. The molecule has 0 saturated heterocycles. The lowest BCUT2D eigenvalue weighted by Gasteiger charge is -2.06. The summed E-state index contributed by atoms with van der Waals surface area (Å²) in [6, 6.07) is 0.587. The molecule has 64 valence electrons. The molecule has 1 atom stereocenters. The molecular weight excluding hydrogens is 136 g/mol. The van der Waals surface area contributed by atoms with Crippen molar-refractivity contribution in [1.82, 2.24) is 5.32 Å². The maximum absolute atomic E-state index is 3.80. The number of allylic oxidation sites excluding steroid dienone is 2. The fraction of sp³-hybridized carbons (Fsp3) is 0.667. The van der Waals surface area contributed by atoms with Gasteiger partial charge in [0.05, 0.1) is 0 Å². The molecule has 0 spiro atoms. The number of aliphatic imine (C=N–C) groups is 1. The lowest BCUT2D eigenvalue weighted by Crippen LogP contribution is -2.20. The van der Waals surface area contributed by atoms with Crippen molar-refractivity contribution in [2.24, 2.45) is 4.99 Å². The van der Waals surface area contributed by atoms with E-state index in [4.69, 9.17) is 0 Å². The van der Waals surface area contributed by atoms with Gasteiger partial charge in [-0.3, -0.25) is 4.99 Å². The smallest absolute Gasteiger partial charge is 0.0325 e. The van der Waals surface area contributed by atoms with E-state index < -0.39 is 0 Å². The van der Waals surface area contributed by atoms with Crippen molar-refractivity contribution >= 4 is 6.72 Å². The summed E-state index contributed by atoms with van der Waals surface area (Å²) in [5.74, 6) is 0. The number of rotatable bonds is 5. The van der Waals surface area contributed by atoms with Crippen molar-refractivity contribution < 1.29 is 0 Å². The molecule has 2 heteroatoms. The molecule has 0 amide bonds. The first kappa shape index (κ1) is 10.4. The predicted octanol–water partition coefficient (Wildman–Crippen LogP) is 1.98. The maximum Gasteiger partial charge on any atom is 0.0325 e. The summed E-state index contributed by atoms with van der Waals surface area (Å²) in [6.07, 6.45) is 4.34. The van der Waals surface area contributed by atoms with E-state index in [-0.39, 0.29) is 0 Å². The van der Waals surface area contributed by atoms with Gasteiger partial charge in [0.25, 0.3) is 0 Å². The lowest BCUT2D eigenvalue weighted by molar-refractivity contribution is 0.570. The molecule has 0 aromatic rings. The molecule has 0 fully saturated rings. The lowest BCUT2D eigenvalue weighted by atomic mass is 10.2. The van der Waals surface area contributed by atoms with Crippen molar-refractivity contribution in [2.45, 2.75) is 32.7 Å². The summed E-state index contributed by atoms with van der Waals surface area (Å²) in [4.78, 5) is 3.80. The van der Waals surface area contributed by atoms with Crippen molar-refractivity contribution in [2.75, 3.05) is 7.05 Å². The summed E-state index contributed by atoms with van der Waals surface area (Å²) in [6.45, 7) is 7.59. The summed E-state index contributed by atoms with van der Waals surface area (Å²) < 4.78 is 0. The quantitative estimate of drug-likeness (QED) is 0.602. The Bertz CT molecular complexity index is 138. The summed E-state index contributed by atoms with van der Waals surface area (Å²) in [5, 5.41) is 3.18. The standard InChI is InChI=1S/C9H18N2/c1-8(10-3)6-5-7-9(2)11-4/h6,9,11H,3,5,7H2,1-2,4H3/b8-6-. The van der Waals surface area contributed by atoms with Crippen LogP contribution in [0.4, 0.5) is 0 Å². The Balaban J connectivity index is 3.47. The fourth-order valence-corrected chi connectivity index (χ4v) is 0.751. The molecule has 0 radical (unpaired) electrons. The number of nitrogens with zero attached hydrogens (tertiary/aromatic N) is 1. The first-order valence-electron chi connectivity index (χ1n) is 4.01. The van der Waals surface area contributed by atoms with Crippen LogP contribution in [0.2, 0.25) is 0 Å². The molecular formula is C9H18N2. The zero-order valence-corrected chi connectivity index (χ0v) is 7.72. The van der Waals surface area contributed by atoms with Gasteiger partial charge in [-0.25, -0.2) is 0 Å². The molecule has 0 aliphatic heterocycles. The van der Waals surface area contributed by atoms with Crippen LogP contribution in [0.25, 0.3) is 0 Å². The van der Waals surface area contributed by atoms with Gasteiger partial charge < -0.3 is 5.32 Å². The minimum absolute atomic E-state index is 0.587. The van der Waals surface area contributed by atoms with E-state index in [1.807, 2.05) is 14.0 Å². The Morgan fingerprint density at radius 3 is 2.82 bits per heavy atom. The molecule has 1 N–H and O–H groups in total.